The van der Waals surface area contributed by atoms with Crippen LogP contribution in [0.2, 0.25) is 0 Å². The predicted octanol–water partition coefficient (Wildman–Crippen LogP) is 2.99. The summed E-state index contributed by atoms with van der Waals surface area (Å²) >= 11 is 0. The molecule has 1 aliphatic rings. The zero-order valence-corrected chi connectivity index (χ0v) is 17.3. The normalized spacial score (nSPS) is 14.0. The number of anilines is 1. The largest absolute Gasteiger partial charge is 0.356 e. The molecule has 2 aromatic carbocycles. The van der Waals surface area contributed by atoms with Crippen molar-refractivity contribution in [2.24, 2.45) is 0 Å². The lowest BCUT2D eigenvalue weighted by molar-refractivity contribution is -0.117. The number of rotatable bonds is 6. The molecule has 0 N–H and O–H groups in total. The Morgan fingerprint density at radius 3 is 2.69 bits per heavy atom. The predicted molar refractivity (Wildman–Crippen MR) is 110 cm³/mol. The molecule has 29 heavy (non-hydrogen) atoms. The molecule has 8 heteroatoms. The van der Waals surface area contributed by atoms with Gasteiger partial charge in [0.1, 0.15) is 5.69 Å². The molecule has 7 nitrogen and oxygen atoms in total. The van der Waals surface area contributed by atoms with Gasteiger partial charge in [0.15, 0.2) is 5.58 Å². The van der Waals surface area contributed by atoms with Crippen LogP contribution in [0, 0.1) is 0 Å². The van der Waals surface area contributed by atoms with Crippen LogP contribution >= 0.6 is 0 Å². The highest BCUT2D eigenvalue weighted by Gasteiger charge is 2.29. The van der Waals surface area contributed by atoms with Crippen molar-refractivity contribution in [1.29, 1.82) is 0 Å². The lowest BCUT2D eigenvalue weighted by Crippen LogP contribution is -2.31. The van der Waals surface area contributed by atoms with Crippen LogP contribution in [0.4, 0.5) is 5.69 Å². The zero-order valence-electron chi connectivity index (χ0n) is 16.5. The molecular weight excluding hydrogens is 390 g/mol. The van der Waals surface area contributed by atoms with E-state index >= 15 is 0 Å². The lowest BCUT2D eigenvalue weighted by atomic mass is 10.1. The fourth-order valence-corrected chi connectivity index (χ4v) is 5.32. The van der Waals surface area contributed by atoms with E-state index in [9.17, 15) is 13.2 Å². The summed E-state index contributed by atoms with van der Waals surface area (Å²) in [4.78, 5) is 14.9. The van der Waals surface area contributed by atoms with Gasteiger partial charge in [0.2, 0.25) is 15.9 Å². The molecule has 1 amide bonds. The van der Waals surface area contributed by atoms with E-state index < -0.39 is 10.0 Å². The van der Waals surface area contributed by atoms with E-state index in [0.717, 1.165) is 16.6 Å². The highest BCUT2D eigenvalue weighted by molar-refractivity contribution is 7.89. The Bertz CT molecular complexity index is 1170. The molecular formula is C21H23N3O4S. The average molecular weight is 413 g/mol. The van der Waals surface area contributed by atoms with Gasteiger partial charge in [-0.15, -0.1) is 0 Å². The molecule has 4 rings (SSSR count). The summed E-state index contributed by atoms with van der Waals surface area (Å²) in [6.45, 7) is 5.02. The molecule has 152 valence electrons. The number of sulfonamides is 1. The maximum absolute atomic E-state index is 12.9. The number of carbonyl (C=O) groups is 1. The van der Waals surface area contributed by atoms with Gasteiger partial charge in [-0.1, -0.05) is 31.1 Å². The van der Waals surface area contributed by atoms with Gasteiger partial charge in [-0.3, -0.25) is 4.79 Å². The minimum absolute atomic E-state index is 0.0813. The van der Waals surface area contributed by atoms with Crippen molar-refractivity contribution >= 4 is 32.6 Å². The van der Waals surface area contributed by atoms with E-state index in [-0.39, 0.29) is 17.2 Å². The fourth-order valence-electron chi connectivity index (χ4n) is 3.81. The summed E-state index contributed by atoms with van der Waals surface area (Å²) in [6.07, 6.45) is 0.762. The molecule has 0 bridgehead atoms. The van der Waals surface area contributed by atoms with E-state index in [1.807, 2.05) is 38.1 Å². The smallest absolute Gasteiger partial charge is 0.243 e. The van der Waals surface area contributed by atoms with Crippen LogP contribution in [0.1, 0.15) is 25.1 Å². The number of hydrogen-bond acceptors (Lipinski definition) is 5. The Hall–Kier alpha value is -2.71. The second-order valence-corrected chi connectivity index (χ2v) is 8.92. The summed E-state index contributed by atoms with van der Waals surface area (Å²) in [5.41, 5.74) is 2.90. The van der Waals surface area contributed by atoms with E-state index in [4.69, 9.17) is 4.52 Å². The van der Waals surface area contributed by atoms with Crippen LogP contribution in [0.25, 0.3) is 11.0 Å². The first-order valence-electron chi connectivity index (χ1n) is 9.72. The maximum Gasteiger partial charge on any atom is 0.243 e. The summed E-state index contributed by atoms with van der Waals surface area (Å²) in [7, 11) is -3.52. The molecule has 0 aliphatic carbocycles. The average Bonchev–Trinajstić information content (AvgIpc) is 3.32. The highest BCUT2D eigenvalue weighted by Crippen LogP contribution is 2.32. The van der Waals surface area contributed by atoms with Crippen LogP contribution in [-0.4, -0.2) is 43.4 Å². The highest BCUT2D eigenvalue weighted by atomic mass is 32.2. The second-order valence-electron chi connectivity index (χ2n) is 6.98. The monoisotopic (exact) mass is 413 g/mol. The van der Waals surface area contributed by atoms with Crippen molar-refractivity contribution in [2.75, 3.05) is 24.5 Å². The molecule has 0 fully saturated rings. The summed E-state index contributed by atoms with van der Waals surface area (Å²) < 4.78 is 32.3. The number of para-hydroxylation sites is 1. The first-order chi connectivity index (χ1) is 14.0. The van der Waals surface area contributed by atoms with Crippen LogP contribution < -0.4 is 4.90 Å². The fraction of sp³-hybridized carbons (Fsp3) is 0.333. The van der Waals surface area contributed by atoms with Gasteiger partial charge in [0, 0.05) is 30.7 Å². The molecule has 0 spiro atoms. The number of amides is 1. The number of carbonyl (C=O) groups excluding carboxylic acids is 1. The Morgan fingerprint density at radius 1 is 1.17 bits per heavy atom. The number of benzene rings is 2. The number of aromatic nitrogens is 1. The van der Waals surface area contributed by atoms with Gasteiger partial charge in [-0.2, -0.15) is 4.31 Å². The van der Waals surface area contributed by atoms with Crippen molar-refractivity contribution in [3.8, 4) is 0 Å². The van der Waals surface area contributed by atoms with Crippen LogP contribution in [-0.2, 0) is 27.7 Å². The van der Waals surface area contributed by atoms with Crippen molar-refractivity contribution in [3.05, 3.63) is 53.7 Å². The number of fused-ring (bicyclic) bond motifs is 2. The molecule has 2 heterocycles. The lowest BCUT2D eigenvalue weighted by Gasteiger charge is -2.20. The number of nitrogens with zero attached hydrogens (tertiary/aromatic N) is 3. The van der Waals surface area contributed by atoms with Gasteiger partial charge >= 0.3 is 0 Å². The molecule has 0 saturated carbocycles. The SMILES string of the molecule is CCN(CC)S(=O)(=O)c1ccc2c(c1)CCN2C(=O)Cc1noc2ccccc12. The number of hydrogen-bond donors (Lipinski definition) is 0. The van der Waals surface area contributed by atoms with Gasteiger partial charge < -0.3 is 9.42 Å². The van der Waals surface area contributed by atoms with E-state index in [1.54, 1.807) is 23.1 Å². The molecule has 0 atom stereocenters. The van der Waals surface area contributed by atoms with Crippen LogP contribution in [0.3, 0.4) is 0 Å². The summed E-state index contributed by atoms with van der Waals surface area (Å²) in [5.74, 6) is -0.0813. The third-order valence-electron chi connectivity index (χ3n) is 5.36. The molecule has 0 saturated heterocycles. The van der Waals surface area contributed by atoms with Gasteiger partial charge in [-0.25, -0.2) is 8.42 Å². The summed E-state index contributed by atoms with van der Waals surface area (Å²) in [5, 5.41) is 4.87. The third kappa shape index (κ3) is 3.42. The molecule has 0 unspecified atom stereocenters. The molecule has 1 aliphatic heterocycles. The van der Waals surface area contributed by atoms with Gasteiger partial charge in [0.25, 0.3) is 0 Å². The first kappa shape index (κ1) is 19.6. The van der Waals surface area contributed by atoms with Crippen molar-refractivity contribution in [2.45, 2.75) is 31.6 Å². The van der Waals surface area contributed by atoms with Crippen LogP contribution in [0.5, 0.6) is 0 Å². The van der Waals surface area contributed by atoms with Crippen molar-refractivity contribution in [1.82, 2.24) is 9.46 Å². The minimum Gasteiger partial charge on any atom is -0.356 e. The third-order valence-corrected chi connectivity index (χ3v) is 7.41. The topological polar surface area (TPSA) is 83.7 Å². The molecule has 1 aromatic heterocycles. The maximum atomic E-state index is 12.9. The second kappa shape index (κ2) is 7.61. The zero-order chi connectivity index (χ0) is 20.6. The van der Waals surface area contributed by atoms with E-state index in [0.29, 0.717) is 37.3 Å². The Balaban J connectivity index is 1.58. The Labute approximate surface area is 169 Å². The Kier molecular flexibility index (Phi) is 5.14. The van der Waals surface area contributed by atoms with Crippen molar-refractivity contribution in [3.63, 3.8) is 0 Å². The molecule has 0 radical (unpaired) electrons. The Morgan fingerprint density at radius 2 is 1.93 bits per heavy atom. The quantitative estimate of drug-likeness (QED) is 0.620. The van der Waals surface area contributed by atoms with Crippen molar-refractivity contribution < 1.29 is 17.7 Å². The first-order valence-corrected chi connectivity index (χ1v) is 11.2. The van der Waals surface area contributed by atoms with E-state index in [1.165, 1.54) is 4.31 Å². The minimum atomic E-state index is -3.52. The molecule has 3 aromatic rings. The summed E-state index contributed by atoms with van der Waals surface area (Å²) in [6, 6.07) is 12.5. The standard InChI is InChI=1S/C21H23N3O4S/c1-3-23(4-2)29(26,27)16-9-10-19-15(13-16)11-12-24(19)21(25)14-18-17-7-5-6-8-20(17)28-22-18/h5-10,13H,3-4,11-12,14H2,1-2H3. The van der Waals surface area contributed by atoms with Gasteiger partial charge in [-0.05, 0) is 42.3 Å². The van der Waals surface area contributed by atoms with E-state index in [2.05, 4.69) is 5.16 Å². The van der Waals surface area contributed by atoms with Crippen LogP contribution in [0.15, 0.2) is 51.9 Å². The van der Waals surface area contributed by atoms with Gasteiger partial charge in [0.05, 0.1) is 11.3 Å².